The van der Waals surface area contributed by atoms with Crippen molar-refractivity contribution < 1.29 is 22.7 Å². The molecule has 144 valence electrons. The molecule has 1 aliphatic carbocycles. The van der Waals surface area contributed by atoms with Crippen LogP contribution in [0.1, 0.15) is 43.5 Å². The van der Waals surface area contributed by atoms with E-state index in [1.807, 2.05) is 0 Å². The van der Waals surface area contributed by atoms with E-state index in [0.29, 0.717) is 11.8 Å². The Balaban J connectivity index is 1.92. The van der Waals surface area contributed by atoms with E-state index in [0.717, 1.165) is 19.3 Å². The molecular weight excluding hydrogens is 356 g/mol. The van der Waals surface area contributed by atoms with Crippen molar-refractivity contribution in [2.45, 2.75) is 44.0 Å². The lowest BCUT2D eigenvalue weighted by molar-refractivity contribution is -0.125. The van der Waals surface area contributed by atoms with Crippen LogP contribution in [-0.4, -0.2) is 40.0 Å². The van der Waals surface area contributed by atoms with Crippen LogP contribution in [0.25, 0.3) is 0 Å². The maximum atomic E-state index is 12.1. The number of rotatable bonds is 6. The van der Waals surface area contributed by atoms with Crippen molar-refractivity contribution in [3.05, 3.63) is 29.8 Å². The minimum atomic E-state index is -3.65. The highest BCUT2D eigenvalue weighted by molar-refractivity contribution is 7.89. The van der Waals surface area contributed by atoms with Crippen molar-refractivity contribution in [1.29, 1.82) is 0 Å². The molecule has 1 aromatic carbocycles. The highest BCUT2D eigenvalue weighted by atomic mass is 32.2. The van der Waals surface area contributed by atoms with Gasteiger partial charge in [0.25, 0.3) is 5.91 Å². The summed E-state index contributed by atoms with van der Waals surface area (Å²) in [6.45, 7) is 3.91. The molecule has 0 unspecified atom stereocenters. The molecule has 0 heterocycles. The van der Waals surface area contributed by atoms with Gasteiger partial charge in [-0.25, -0.2) is 17.9 Å². The van der Waals surface area contributed by atoms with Crippen LogP contribution in [0.4, 0.5) is 0 Å². The quantitative estimate of drug-likeness (QED) is 0.729. The fraction of sp³-hybridized carbons (Fsp3) is 0.556. The zero-order chi connectivity index (χ0) is 19.3. The molecule has 0 spiro atoms. The lowest BCUT2D eigenvalue weighted by atomic mass is 9.78. The first kappa shape index (κ1) is 20.4. The highest BCUT2D eigenvalue weighted by Crippen LogP contribution is 2.29. The van der Waals surface area contributed by atoms with Crippen LogP contribution in [0.15, 0.2) is 29.2 Å². The van der Waals surface area contributed by atoms with E-state index in [1.165, 1.54) is 31.3 Å². The number of sulfonamides is 1. The predicted molar refractivity (Wildman–Crippen MR) is 97.1 cm³/mol. The van der Waals surface area contributed by atoms with Gasteiger partial charge >= 0.3 is 5.97 Å². The van der Waals surface area contributed by atoms with Crippen LogP contribution >= 0.6 is 0 Å². The second-order valence-electron chi connectivity index (χ2n) is 6.75. The molecule has 0 bridgehead atoms. The first-order valence-corrected chi connectivity index (χ1v) is 10.2. The third kappa shape index (κ3) is 5.04. The molecule has 0 aliphatic heterocycles. The van der Waals surface area contributed by atoms with Gasteiger partial charge < -0.3 is 10.1 Å². The molecule has 8 heteroatoms. The molecule has 2 N–H and O–H groups in total. The Labute approximate surface area is 154 Å². The molecule has 1 aromatic rings. The number of hydrogen-bond acceptors (Lipinski definition) is 5. The van der Waals surface area contributed by atoms with Crippen molar-refractivity contribution in [3.8, 4) is 0 Å². The second kappa shape index (κ2) is 8.64. The Morgan fingerprint density at radius 2 is 1.96 bits per heavy atom. The Hall–Kier alpha value is -1.93. The van der Waals surface area contributed by atoms with Crippen molar-refractivity contribution in [3.63, 3.8) is 0 Å². The summed E-state index contributed by atoms with van der Waals surface area (Å²) >= 11 is 0. The molecule has 1 aliphatic rings. The number of benzene rings is 1. The van der Waals surface area contributed by atoms with E-state index < -0.39 is 16.0 Å². The average molecular weight is 382 g/mol. The zero-order valence-corrected chi connectivity index (χ0v) is 16.1. The fourth-order valence-electron chi connectivity index (χ4n) is 3.16. The van der Waals surface area contributed by atoms with Gasteiger partial charge in [0.05, 0.1) is 10.5 Å². The van der Waals surface area contributed by atoms with Crippen LogP contribution in [-0.2, 0) is 19.6 Å². The molecule has 7 nitrogen and oxygen atoms in total. The third-order valence-electron chi connectivity index (χ3n) is 5.04. The molecule has 26 heavy (non-hydrogen) atoms. The van der Waals surface area contributed by atoms with Crippen molar-refractivity contribution in [2.24, 2.45) is 11.8 Å². The fourth-order valence-corrected chi connectivity index (χ4v) is 3.93. The first-order chi connectivity index (χ1) is 12.2. The predicted octanol–water partition coefficient (Wildman–Crippen LogP) is 1.69. The summed E-state index contributed by atoms with van der Waals surface area (Å²) in [5, 5.41) is 2.93. The monoisotopic (exact) mass is 382 g/mol. The zero-order valence-electron chi connectivity index (χ0n) is 15.3. The molecule has 1 saturated carbocycles. The standard InChI is InChI=1S/C18H26N2O5S/c1-12-6-4-9-16(13(12)2)20-17(21)11-25-18(22)14-7-5-8-15(10-14)26(23,24)19-3/h5,7-8,10,12-13,16,19H,4,6,9,11H2,1-3H3,(H,20,21)/t12-,13-,16+/m1/s1. The first-order valence-electron chi connectivity index (χ1n) is 8.74. The molecule has 0 aromatic heterocycles. The summed E-state index contributed by atoms with van der Waals surface area (Å²) in [5.74, 6) is -0.151. The SMILES string of the molecule is CNS(=O)(=O)c1cccc(C(=O)OCC(=O)N[C@H]2CCC[C@@H](C)[C@H]2C)c1. The Morgan fingerprint density at radius 1 is 1.23 bits per heavy atom. The van der Waals surface area contributed by atoms with Gasteiger partial charge in [0.15, 0.2) is 6.61 Å². The normalized spacial score (nSPS) is 23.3. The number of amides is 1. The van der Waals surface area contributed by atoms with Crippen molar-refractivity contribution in [1.82, 2.24) is 10.0 Å². The van der Waals surface area contributed by atoms with E-state index in [1.54, 1.807) is 0 Å². The van der Waals surface area contributed by atoms with Gasteiger partial charge in [-0.3, -0.25) is 4.79 Å². The maximum Gasteiger partial charge on any atom is 0.338 e. The van der Waals surface area contributed by atoms with Gasteiger partial charge in [0.1, 0.15) is 0 Å². The summed E-state index contributed by atoms with van der Waals surface area (Å²) in [7, 11) is -2.36. The Bertz CT molecular complexity index is 763. The summed E-state index contributed by atoms with van der Waals surface area (Å²) in [5.41, 5.74) is 0.0776. The molecular formula is C18H26N2O5S. The smallest absolute Gasteiger partial charge is 0.338 e. The number of ether oxygens (including phenoxy) is 1. The van der Waals surface area contributed by atoms with Gasteiger partial charge in [-0.1, -0.05) is 32.8 Å². The number of carbonyl (C=O) groups excluding carboxylic acids is 2. The Kier molecular flexibility index (Phi) is 6.77. The van der Waals surface area contributed by atoms with Gasteiger partial charge in [0, 0.05) is 6.04 Å². The van der Waals surface area contributed by atoms with Crippen LogP contribution in [0.3, 0.4) is 0 Å². The second-order valence-corrected chi connectivity index (χ2v) is 8.64. The largest absolute Gasteiger partial charge is 0.452 e. The van der Waals surface area contributed by atoms with Crippen molar-refractivity contribution >= 4 is 21.9 Å². The minimum Gasteiger partial charge on any atom is -0.452 e. The number of hydrogen-bond donors (Lipinski definition) is 2. The molecule has 3 atom stereocenters. The summed E-state index contributed by atoms with van der Waals surface area (Å²) in [6.07, 6.45) is 3.16. The van der Waals surface area contributed by atoms with E-state index in [9.17, 15) is 18.0 Å². The van der Waals surface area contributed by atoms with Crippen LogP contribution < -0.4 is 10.0 Å². The maximum absolute atomic E-state index is 12.1. The molecule has 0 saturated heterocycles. The molecule has 2 rings (SSSR count). The summed E-state index contributed by atoms with van der Waals surface area (Å²) in [6, 6.07) is 5.58. The van der Waals surface area contributed by atoms with E-state index in [4.69, 9.17) is 4.74 Å². The van der Waals surface area contributed by atoms with Gasteiger partial charge in [-0.2, -0.15) is 0 Å². The van der Waals surface area contributed by atoms with Crippen LogP contribution in [0, 0.1) is 11.8 Å². The lowest BCUT2D eigenvalue weighted by Crippen LogP contribution is -2.45. The van der Waals surface area contributed by atoms with Gasteiger partial charge in [-0.05, 0) is 43.5 Å². The molecule has 0 radical (unpaired) electrons. The molecule has 1 fully saturated rings. The lowest BCUT2D eigenvalue weighted by Gasteiger charge is -2.34. The van der Waals surface area contributed by atoms with E-state index in [2.05, 4.69) is 23.9 Å². The van der Waals surface area contributed by atoms with Gasteiger partial charge in [-0.15, -0.1) is 0 Å². The Morgan fingerprint density at radius 3 is 2.65 bits per heavy atom. The van der Waals surface area contributed by atoms with Gasteiger partial charge in [0.2, 0.25) is 10.0 Å². The number of esters is 1. The minimum absolute atomic E-state index is 0.0380. The number of carbonyl (C=O) groups is 2. The summed E-state index contributed by atoms with van der Waals surface area (Å²) < 4.78 is 30.8. The number of nitrogens with one attached hydrogen (secondary N) is 2. The van der Waals surface area contributed by atoms with E-state index >= 15 is 0 Å². The molecule has 1 amide bonds. The van der Waals surface area contributed by atoms with E-state index in [-0.39, 0.29) is 29.0 Å². The summed E-state index contributed by atoms with van der Waals surface area (Å²) in [4.78, 5) is 24.1. The van der Waals surface area contributed by atoms with Crippen molar-refractivity contribution in [2.75, 3.05) is 13.7 Å². The average Bonchev–Trinajstić information content (AvgIpc) is 2.63. The van der Waals surface area contributed by atoms with Crippen LogP contribution in [0.5, 0.6) is 0 Å². The topological polar surface area (TPSA) is 102 Å². The third-order valence-corrected chi connectivity index (χ3v) is 6.45. The highest BCUT2D eigenvalue weighted by Gasteiger charge is 2.28. The van der Waals surface area contributed by atoms with Crippen LogP contribution in [0.2, 0.25) is 0 Å².